The SMILES string of the molecule is CC(C)CCN(C)c1cc2[nH]c(=O)oc2cc1N. The summed E-state index contributed by atoms with van der Waals surface area (Å²) in [5.74, 6) is 0.192. The molecule has 2 rings (SSSR count). The molecule has 0 bridgehead atoms. The number of nitrogens with two attached hydrogens (primary N) is 1. The average molecular weight is 249 g/mol. The number of hydrogen-bond donors (Lipinski definition) is 2. The zero-order chi connectivity index (χ0) is 13.3. The van der Waals surface area contributed by atoms with Crippen LogP contribution in [0.25, 0.3) is 11.1 Å². The summed E-state index contributed by atoms with van der Waals surface area (Å²) in [4.78, 5) is 15.9. The highest BCUT2D eigenvalue weighted by Gasteiger charge is 2.10. The number of H-pyrrole nitrogens is 1. The van der Waals surface area contributed by atoms with Gasteiger partial charge in [-0.3, -0.25) is 4.98 Å². The lowest BCUT2D eigenvalue weighted by molar-refractivity contribution is 0.555. The van der Waals surface area contributed by atoms with Crippen LogP contribution in [0.1, 0.15) is 20.3 Å². The van der Waals surface area contributed by atoms with E-state index in [2.05, 4.69) is 23.7 Å². The fourth-order valence-corrected chi connectivity index (χ4v) is 1.90. The van der Waals surface area contributed by atoms with Gasteiger partial charge in [0.25, 0.3) is 0 Å². The van der Waals surface area contributed by atoms with Crippen molar-refractivity contribution in [3.63, 3.8) is 0 Å². The minimum Gasteiger partial charge on any atom is -0.408 e. The highest BCUT2D eigenvalue weighted by molar-refractivity contribution is 5.85. The number of nitrogens with zero attached hydrogens (tertiary/aromatic N) is 1. The number of nitrogens with one attached hydrogen (secondary N) is 1. The normalized spacial score (nSPS) is 11.3. The van der Waals surface area contributed by atoms with E-state index in [1.54, 1.807) is 6.07 Å². The summed E-state index contributed by atoms with van der Waals surface area (Å²) in [6.07, 6.45) is 1.09. The van der Waals surface area contributed by atoms with E-state index >= 15 is 0 Å². The Morgan fingerprint density at radius 1 is 1.44 bits per heavy atom. The summed E-state index contributed by atoms with van der Waals surface area (Å²) in [7, 11) is 2.00. The molecule has 0 unspecified atom stereocenters. The first-order valence-corrected chi connectivity index (χ1v) is 6.11. The Balaban J connectivity index is 2.31. The molecule has 1 aromatic heterocycles. The maximum Gasteiger partial charge on any atom is 0.417 e. The van der Waals surface area contributed by atoms with Crippen molar-refractivity contribution in [1.29, 1.82) is 0 Å². The Labute approximate surface area is 106 Å². The summed E-state index contributed by atoms with van der Waals surface area (Å²) >= 11 is 0. The van der Waals surface area contributed by atoms with Crippen molar-refractivity contribution >= 4 is 22.5 Å². The molecule has 0 fully saturated rings. The van der Waals surface area contributed by atoms with E-state index in [0.29, 0.717) is 22.7 Å². The molecule has 0 spiro atoms. The molecule has 0 atom stereocenters. The summed E-state index contributed by atoms with van der Waals surface area (Å²) in [5.41, 5.74) is 8.70. The first kappa shape index (κ1) is 12.5. The van der Waals surface area contributed by atoms with Crippen LogP contribution in [0, 0.1) is 5.92 Å². The second-order valence-electron chi connectivity index (χ2n) is 5.03. The van der Waals surface area contributed by atoms with Gasteiger partial charge in [-0.05, 0) is 18.4 Å². The van der Waals surface area contributed by atoms with E-state index in [-0.39, 0.29) is 0 Å². The van der Waals surface area contributed by atoms with Gasteiger partial charge in [-0.1, -0.05) is 13.8 Å². The number of aromatic nitrogens is 1. The number of aromatic amines is 1. The summed E-state index contributed by atoms with van der Waals surface area (Å²) < 4.78 is 4.97. The Morgan fingerprint density at radius 3 is 2.83 bits per heavy atom. The third-order valence-corrected chi connectivity index (χ3v) is 3.02. The Bertz CT molecular complexity index is 598. The molecule has 0 saturated carbocycles. The zero-order valence-corrected chi connectivity index (χ0v) is 11.0. The van der Waals surface area contributed by atoms with Crippen molar-refractivity contribution in [2.24, 2.45) is 5.92 Å². The third kappa shape index (κ3) is 2.50. The van der Waals surface area contributed by atoms with E-state index < -0.39 is 5.76 Å². The number of anilines is 2. The number of nitrogen functional groups attached to an aromatic ring is 1. The molecule has 1 aromatic carbocycles. The number of fused-ring (bicyclic) bond motifs is 1. The van der Waals surface area contributed by atoms with Crippen molar-refractivity contribution in [1.82, 2.24) is 4.98 Å². The predicted octanol–water partition coefficient (Wildman–Crippen LogP) is 2.19. The minimum absolute atomic E-state index is 0.452. The molecule has 0 aliphatic carbocycles. The maximum atomic E-state index is 11.1. The molecule has 1 heterocycles. The zero-order valence-electron chi connectivity index (χ0n) is 11.0. The van der Waals surface area contributed by atoms with Gasteiger partial charge in [0.1, 0.15) is 0 Å². The number of rotatable bonds is 4. The molecule has 5 heteroatoms. The van der Waals surface area contributed by atoms with Gasteiger partial charge in [0.05, 0.1) is 16.9 Å². The van der Waals surface area contributed by atoms with Crippen LogP contribution in [0.2, 0.25) is 0 Å². The van der Waals surface area contributed by atoms with E-state index in [1.807, 2.05) is 13.1 Å². The van der Waals surface area contributed by atoms with Crippen LogP contribution in [0.15, 0.2) is 21.3 Å². The van der Waals surface area contributed by atoms with E-state index in [1.165, 1.54) is 0 Å². The molecule has 2 aromatic rings. The smallest absolute Gasteiger partial charge is 0.408 e. The van der Waals surface area contributed by atoms with Gasteiger partial charge in [-0.25, -0.2) is 4.79 Å². The molecule has 0 aliphatic rings. The van der Waals surface area contributed by atoms with Gasteiger partial charge in [-0.2, -0.15) is 0 Å². The third-order valence-electron chi connectivity index (χ3n) is 3.02. The van der Waals surface area contributed by atoms with Crippen molar-refractivity contribution in [3.05, 3.63) is 22.7 Å². The van der Waals surface area contributed by atoms with Gasteiger partial charge >= 0.3 is 5.76 Å². The topological polar surface area (TPSA) is 75.3 Å². The summed E-state index contributed by atoms with van der Waals surface area (Å²) in [5, 5.41) is 0. The van der Waals surface area contributed by atoms with Crippen molar-refractivity contribution in [3.8, 4) is 0 Å². The monoisotopic (exact) mass is 249 g/mol. The lowest BCUT2D eigenvalue weighted by atomic mass is 10.1. The lowest BCUT2D eigenvalue weighted by Crippen LogP contribution is -2.21. The molecule has 3 N–H and O–H groups in total. The van der Waals surface area contributed by atoms with Gasteiger partial charge in [0.2, 0.25) is 0 Å². The van der Waals surface area contributed by atoms with E-state index in [4.69, 9.17) is 10.2 Å². The predicted molar refractivity (Wildman–Crippen MR) is 74.0 cm³/mol. The molecular weight excluding hydrogens is 230 g/mol. The molecule has 0 saturated heterocycles. The standard InChI is InChI=1S/C13H19N3O2/c1-8(2)4-5-16(3)11-7-10-12(6-9(11)14)18-13(17)15-10/h6-8H,4-5,14H2,1-3H3,(H,15,17). The average Bonchev–Trinajstić information content (AvgIpc) is 2.64. The van der Waals surface area contributed by atoms with Crippen LogP contribution in [-0.4, -0.2) is 18.6 Å². The maximum absolute atomic E-state index is 11.1. The summed E-state index contributed by atoms with van der Waals surface area (Å²) in [6.45, 7) is 5.30. The molecule has 0 radical (unpaired) electrons. The van der Waals surface area contributed by atoms with Crippen molar-refractivity contribution in [2.45, 2.75) is 20.3 Å². The minimum atomic E-state index is -0.452. The van der Waals surface area contributed by atoms with Crippen LogP contribution >= 0.6 is 0 Å². The fourth-order valence-electron chi connectivity index (χ4n) is 1.90. The highest BCUT2D eigenvalue weighted by atomic mass is 16.4. The van der Waals surface area contributed by atoms with E-state index in [9.17, 15) is 4.79 Å². The highest BCUT2D eigenvalue weighted by Crippen LogP contribution is 2.27. The number of hydrogen-bond acceptors (Lipinski definition) is 4. The second kappa shape index (κ2) is 4.76. The van der Waals surface area contributed by atoms with Crippen molar-refractivity contribution < 1.29 is 4.42 Å². The quantitative estimate of drug-likeness (QED) is 0.814. The first-order valence-electron chi connectivity index (χ1n) is 6.11. The molecule has 18 heavy (non-hydrogen) atoms. The molecule has 98 valence electrons. The fraction of sp³-hybridized carbons (Fsp3) is 0.462. The Morgan fingerprint density at radius 2 is 2.17 bits per heavy atom. The van der Waals surface area contributed by atoms with E-state index in [0.717, 1.165) is 18.7 Å². The number of oxazole rings is 1. The van der Waals surface area contributed by atoms with Gasteiger partial charge in [0.15, 0.2) is 5.58 Å². The lowest BCUT2D eigenvalue weighted by Gasteiger charge is -2.21. The second-order valence-corrected chi connectivity index (χ2v) is 5.03. The van der Waals surface area contributed by atoms with Gasteiger partial charge in [0, 0.05) is 19.7 Å². The van der Waals surface area contributed by atoms with Crippen LogP contribution in [0.3, 0.4) is 0 Å². The summed E-state index contributed by atoms with van der Waals surface area (Å²) in [6, 6.07) is 3.55. The molecular formula is C13H19N3O2. The number of benzene rings is 1. The first-order chi connectivity index (χ1) is 8.47. The van der Waals surface area contributed by atoms with Crippen LogP contribution < -0.4 is 16.4 Å². The van der Waals surface area contributed by atoms with Crippen molar-refractivity contribution in [2.75, 3.05) is 24.2 Å². The molecule has 0 amide bonds. The van der Waals surface area contributed by atoms with Crippen LogP contribution in [0.5, 0.6) is 0 Å². The largest absolute Gasteiger partial charge is 0.417 e. The molecule has 5 nitrogen and oxygen atoms in total. The Kier molecular flexibility index (Phi) is 3.32. The van der Waals surface area contributed by atoms with Gasteiger partial charge in [-0.15, -0.1) is 0 Å². The van der Waals surface area contributed by atoms with Gasteiger partial charge < -0.3 is 15.1 Å². The Hall–Kier alpha value is -1.91. The van der Waals surface area contributed by atoms with Crippen LogP contribution in [-0.2, 0) is 0 Å². The molecule has 0 aliphatic heterocycles. The van der Waals surface area contributed by atoms with Crippen LogP contribution in [0.4, 0.5) is 11.4 Å².